The van der Waals surface area contributed by atoms with Gasteiger partial charge in [-0.15, -0.1) is 11.3 Å². The molecule has 0 amide bonds. The second-order valence-electron chi connectivity index (χ2n) is 4.28. The number of thiazole rings is 1. The summed E-state index contributed by atoms with van der Waals surface area (Å²) in [5, 5.41) is 1.16. The molecule has 3 heteroatoms. The van der Waals surface area contributed by atoms with Crippen LogP contribution in [0.4, 0.5) is 0 Å². The van der Waals surface area contributed by atoms with Crippen LogP contribution < -0.4 is 5.73 Å². The van der Waals surface area contributed by atoms with E-state index in [1.165, 1.54) is 10.3 Å². The van der Waals surface area contributed by atoms with Gasteiger partial charge in [-0.25, -0.2) is 4.98 Å². The summed E-state index contributed by atoms with van der Waals surface area (Å²) in [5.41, 5.74) is 9.15. The molecule has 3 rings (SSSR count). The number of hydrogen-bond acceptors (Lipinski definition) is 3. The van der Waals surface area contributed by atoms with Gasteiger partial charge in [0.15, 0.2) is 0 Å². The average Bonchev–Trinajstić information content (AvgIpc) is 2.80. The fraction of sp³-hybridized carbons (Fsp3) is 0.133. The highest BCUT2D eigenvalue weighted by molar-refractivity contribution is 7.18. The van der Waals surface area contributed by atoms with Gasteiger partial charge in [-0.2, -0.15) is 0 Å². The van der Waals surface area contributed by atoms with E-state index in [9.17, 15) is 0 Å². The third-order valence-corrected chi connectivity index (χ3v) is 3.97. The number of nitrogens with zero attached hydrogens (tertiary/aromatic N) is 1. The fourth-order valence-corrected chi connectivity index (χ4v) is 2.98. The molecule has 1 heterocycles. The summed E-state index contributed by atoms with van der Waals surface area (Å²) in [7, 11) is 0. The highest BCUT2D eigenvalue weighted by atomic mass is 32.1. The number of fused-ring (bicyclic) bond motifs is 1. The summed E-state index contributed by atoms with van der Waals surface area (Å²) in [5.74, 6) is 0. The molecular formula is C15H14N2S. The Bertz CT molecular complexity index is 659. The molecule has 1 aromatic heterocycles. The SMILES string of the molecule is NCc1ccc2sc(Cc3ccccc3)nc2c1. The topological polar surface area (TPSA) is 38.9 Å². The van der Waals surface area contributed by atoms with Gasteiger partial charge in [0.05, 0.1) is 15.2 Å². The molecule has 90 valence electrons. The van der Waals surface area contributed by atoms with Gasteiger partial charge in [0, 0.05) is 13.0 Å². The maximum absolute atomic E-state index is 5.65. The van der Waals surface area contributed by atoms with Crippen molar-refractivity contribution in [2.24, 2.45) is 5.73 Å². The first-order valence-corrected chi connectivity index (χ1v) is 6.79. The van der Waals surface area contributed by atoms with Crippen molar-refractivity contribution < 1.29 is 0 Å². The van der Waals surface area contributed by atoms with Crippen molar-refractivity contribution >= 4 is 21.6 Å². The lowest BCUT2D eigenvalue weighted by atomic mass is 10.2. The van der Waals surface area contributed by atoms with Gasteiger partial charge in [0.25, 0.3) is 0 Å². The molecule has 0 bridgehead atoms. The van der Waals surface area contributed by atoms with Crippen molar-refractivity contribution in [3.8, 4) is 0 Å². The zero-order valence-corrected chi connectivity index (χ0v) is 10.8. The molecule has 0 aliphatic heterocycles. The Morgan fingerprint density at radius 2 is 1.83 bits per heavy atom. The maximum atomic E-state index is 5.65. The molecule has 0 spiro atoms. The molecule has 2 nitrogen and oxygen atoms in total. The van der Waals surface area contributed by atoms with E-state index in [4.69, 9.17) is 5.73 Å². The van der Waals surface area contributed by atoms with E-state index in [-0.39, 0.29) is 0 Å². The van der Waals surface area contributed by atoms with Gasteiger partial charge in [0.2, 0.25) is 0 Å². The standard InChI is InChI=1S/C15H14N2S/c16-10-12-6-7-14-13(8-12)17-15(18-14)9-11-4-2-1-3-5-11/h1-8H,9-10,16H2. The Kier molecular flexibility index (Phi) is 3.09. The van der Waals surface area contributed by atoms with E-state index < -0.39 is 0 Å². The van der Waals surface area contributed by atoms with Crippen LogP contribution in [0.5, 0.6) is 0 Å². The van der Waals surface area contributed by atoms with Gasteiger partial charge >= 0.3 is 0 Å². The lowest BCUT2D eigenvalue weighted by Crippen LogP contribution is -1.95. The van der Waals surface area contributed by atoms with Crippen LogP contribution in [0, 0.1) is 0 Å². The van der Waals surface area contributed by atoms with E-state index >= 15 is 0 Å². The van der Waals surface area contributed by atoms with E-state index in [0.717, 1.165) is 22.5 Å². The molecule has 18 heavy (non-hydrogen) atoms. The quantitative estimate of drug-likeness (QED) is 0.778. The normalized spacial score (nSPS) is 10.9. The van der Waals surface area contributed by atoms with Crippen molar-refractivity contribution in [2.75, 3.05) is 0 Å². The molecule has 0 radical (unpaired) electrons. The van der Waals surface area contributed by atoms with Crippen LogP contribution in [-0.4, -0.2) is 4.98 Å². The molecule has 2 aromatic carbocycles. The number of nitrogens with two attached hydrogens (primary N) is 1. The van der Waals surface area contributed by atoms with Gasteiger partial charge in [0.1, 0.15) is 0 Å². The Labute approximate surface area is 110 Å². The van der Waals surface area contributed by atoms with Gasteiger partial charge in [-0.05, 0) is 23.3 Å². The highest BCUT2D eigenvalue weighted by Crippen LogP contribution is 2.24. The minimum atomic E-state index is 0.571. The summed E-state index contributed by atoms with van der Waals surface area (Å²) >= 11 is 1.76. The molecule has 0 fully saturated rings. The Hall–Kier alpha value is -1.71. The van der Waals surface area contributed by atoms with Crippen molar-refractivity contribution in [3.63, 3.8) is 0 Å². The molecule has 0 saturated heterocycles. The van der Waals surface area contributed by atoms with Crippen molar-refractivity contribution in [2.45, 2.75) is 13.0 Å². The molecule has 0 saturated carbocycles. The predicted molar refractivity (Wildman–Crippen MR) is 76.8 cm³/mol. The summed E-state index contributed by atoms with van der Waals surface area (Å²) in [6.07, 6.45) is 0.901. The fourth-order valence-electron chi connectivity index (χ4n) is 1.99. The number of hydrogen-bond donors (Lipinski definition) is 1. The second-order valence-corrected chi connectivity index (χ2v) is 5.39. The van der Waals surface area contributed by atoms with E-state index in [0.29, 0.717) is 6.54 Å². The Morgan fingerprint density at radius 1 is 1.00 bits per heavy atom. The van der Waals surface area contributed by atoms with Crippen LogP contribution in [-0.2, 0) is 13.0 Å². The first-order valence-electron chi connectivity index (χ1n) is 5.97. The lowest BCUT2D eigenvalue weighted by Gasteiger charge is -1.95. The zero-order valence-electron chi connectivity index (χ0n) is 9.97. The number of rotatable bonds is 3. The predicted octanol–water partition coefficient (Wildman–Crippen LogP) is 3.35. The Morgan fingerprint density at radius 3 is 2.61 bits per heavy atom. The first-order chi connectivity index (χ1) is 8.85. The highest BCUT2D eigenvalue weighted by Gasteiger charge is 2.05. The van der Waals surface area contributed by atoms with Gasteiger partial charge < -0.3 is 5.73 Å². The maximum Gasteiger partial charge on any atom is 0.0982 e. The van der Waals surface area contributed by atoms with Crippen LogP contribution in [0.1, 0.15) is 16.1 Å². The van der Waals surface area contributed by atoms with E-state index in [2.05, 4.69) is 47.4 Å². The lowest BCUT2D eigenvalue weighted by molar-refractivity contribution is 1.07. The first kappa shape index (κ1) is 11.4. The van der Waals surface area contributed by atoms with Gasteiger partial charge in [-0.1, -0.05) is 36.4 Å². The minimum Gasteiger partial charge on any atom is -0.326 e. The van der Waals surface area contributed by atoms with Crippen LogP contribution in [0.25, 0.3) is 10.2 Å². The largest absolute Gasteiger partial charge is 0.326 e. The minimum absolute atomic E-state index is 0.571. The average molecular weight is 254 g/mol. The zero-order chi connectivity index (χ0) is 12.4. The molecule has 3 aromatic rings. The molecule has 0 atom stereocenters. The monoisotopic (exact) mass is 254 g/mol. The summed E-state index contributed by atoms with van der Waals surface area (Å²) in [4.78, 5) is 4.68. The summed E-state index contributed by atoms with van der Waals surface area (Å²) in [6.45, 7) is 0.571. The molecule has 0 unspecified atom stereocenters. The molecule has 2 N–H and O–H groups in total. The van der Waals surface area contributed by atoms with Crippen molar-refractivity contribution in [3.05, 3.63) is 64.7 Å². The van der Waals surface area contributed by atoms with Crippen LogP contribution >= 0.6 is 11.3 Å². The Balaban J connectivity index is 1.94. The van der Waals surface area contributed by atoms with Crippen molar-refractivity contribution in [1.82, 2.24) is 4.98 Å². The van der Waals surface area contributed by atoms with Crippen molar-refractivity contribution in [1.29, 1.82) is 0 Å². The molecular weight excluding hydrogens is 240 g/mol. The van der Waals surface area contributed by atoms with E-state index in [1.54, 1.807) is 11.3 Å². The van der Waals surface area contributed by atoms with Crippen LogP contribution in [0.3, 0.4) is 0 Å². The van der Waals surface area contributed by atoms with Crippen LogP contribution in [0.15, 0.2) is 48.5 Å². The summed E-state index contributed by atoms with van der Waals surface area (Å²) < 4.78 is 1.23. The van der Waals surface area contributed by atoms with Crippen LogP contribution in [0.2, 0.25) is 0 Å². The molecule has 0 aliphatic rings. The van der Waals surface area contributed by atoms with E-state index in [1.807, 2.05) is 6.07 Å². The second kappa shape index (κ2) is 4.88. The molecule has 0 aliphatic carbocycles. The summed E-state index contributed by atoms with van der Waals surface area (Å²) in [6, 6.07) is 16.7. The third kappa shape index (κ3) is 2.28. The number of benzene rings is 2. The number of aromatic nitrogens is 1. The third-order valence-electron chi connectivity index (χ3n) is 2.93. The smallest absolute Gasteiger partial charge is 0.0982 e. The van der Waals surface area contributed by atoms with Gasteiger partial charge in [-0.3, -0.25) is 0 Å².